The van der Waals surface area contributed by atoms with Gasteiger partial charge in [0.1, 0.15) is 5.25 Å². The molecule has 0 aliphatic heterocycles. The molecule has 1 aromatic rings. The van der Waals surface area contributed by atoms with Gasteiger partial charge < -0.3 is 11.1 Å². The van der Waals surface area contributed by atoms with Crippen molar-refractivity contribution in [1.82, 2.24) is 5.32 Å². The van der Waals surface area contributed by atoms with E-state index in [0.717, 1.165) is 31.2 Å². The molecule has 0 heterocycles. The van der Waals surface area contributed by atoms with Crippen molar-refractivity contribution in [2.45, 2.75) is 55.7 Å². The Bertz CT molecular complexity index is 525. The topological polar surface area (TPSA) is 72.2 Å². The average molecular weight is 294 g/mol. The number of hydrogen-bond donors (Lipinski definition) is 2. The Morgan fingerprint density at radius 3 is 2.70 bits per heavy atom. The highest BCUT2D eigenvalue weighted by atomic mass is 32.2. The van der Waals surface area contributed by atoms with Gasteiger partial charge in [-0.3, -0.25) is 9.00 Å². The summed E-state index contributed by atoms with van der Waals surface area (Å²) >= 11 is 0. The summed E-state index contributed by atoms with van der Waals surface area (Å²) in [6.07, 6.45) is 4.37. The van der Waals surface area contributed by atoms with Gasteiger partial charge >= 0.3 is 0 Å². The van der Waals surface area contributed by atoms with Gasteiger partial charge in [0.2, 0.25) is 5.91 Å². The average Bonchev–Trinajstić information content (AvgIpc) is 2.93. The van der Waals surface area contributed by atoms with Crippen LogP contribution in [0.4, 0.5) is 5.69 Å². The number of benzene rings is 1. The lowest BCUT2D eigenvalue weighted by molar-refractivity contribution is -0.121. The van der Waals surface area contributed by atoms with Crippen LogP contribution in [-0.2, 0) is 15.6 Å². The van der Waals surface area contributed by atoms with Crippen molar-refractivity contribution in [1.29, 1.82) is 0 Å². The van der Waals surface area contributed by atoms with Crippen LogP contribution >= 0.6 is 0 Å². The fourth-order valence-electron chi connectivity index (χ4n) is 2.51. The molecule has 0 aromatic heterocycles. The molecular formula is C15H22N2O2S. The molecule has 2 atom stereocenters. The fraction of sp³-hybridized carbons (Fsp3) is 0.533. The Morgan fingerprint density at radius 1 is 1.40 bits per heavy atom. The zero-order valence-corrected chi connectivity index (χ0v) is 12.8. The van der Waals surface area contributed by atoms with Crippen LogP contribution in [0.15, 0.2) is 23.1 Å². The van der Waals surface area contributed by atoms with Gasteiger partial charge in [-0.1, -0.05) is 25.0 Å². The number of para-hydroxylation sites is 1. The molecule has 5 heteroatoms. The number of carbonyl (C=O) groups is 1. The lowest BCUT2D eigenvalue weighted by atomic mass is 10.2. The molecule has 0 radical (unpaired) electrons. The van der Waals surface area contributed by atoms with Gasteiger partial charge in [-0.25, -0.2) is 0 Å². The van der Waals surface area contributed by atoms with Gasteiger partial charge in [-0.05, 0) is 38.3 Å². The molecule has 2 rings (SSSR count). The Kier molecular flexibility index (Phi) is 4.81. The molecule has 1 aliphatic carbocycles. The SMILES string of the molecule is Cc1cccc(S(=O)C(C)C(=O)NC2CCCC2)c1N. The summed E-state index contributed by atoms with van der Waals surface area (Å²) in [5.74, 6) is -0.142. The molecule has 1 saturated carbocycles. The second kappa shape index (κ2) is 6.39. The maximum atomic E-state index is 12.5. The summed E-state index contributed by atoms with van der Waals surface area (Å²) in [4.78, 5) is 12.7. The molecule has 1 fully saturated rings. The van der Waals surface area contributed by atoms with E-state index in [9.17, 15) is 9.00 Å². The van der Waals surface area contributed by atoms with Crippen molar-refractivity contribution in [3.8, 4) is 0 Å². The van der Waals surface area contributed by atoms with E-state index >= 15 is 0 Å². The predicted octanol–water partition coefficient (Wildman–Crippen LogP) is 2.13. The first-order valence-electron chi connectivity index (χ1n) is 7.06. The first-order valence-corrected chi connectivity index (χ1v) is 8.28. The van der Waals surface area contributed by atoms with Crippen LogP contribution in [0.5, 0.6) is 0 Å². The van der Waals surface area contributed by atoms with Crippen molar-refractivity contribution >= 4 is 22.4 Å². The van der Waals surface area contributed by atoms with Crippen LogP contribution in [0.2, 0.25) is 0 Å². The standard InChI is InChI=1S/C15H22N2O2S/c1-10-6-5-9-13(14(10)16)20(19)11(2)15(18)17-12-7-3-4-8-12/h5-6,9,11-12H,3-4,7-8,16H2,1-2H3,(H,17,18). The van der Waals surface area contributed by atoms with Crippen LogP contribution in [0.1, 0.15) is 38.2 Å². The quantitative estimate of drug-likeness (QED) is 0.836. The normalized spacial score (nSPS) is 18.7. The number of hydrogen-bond acceptors (Lipinski definition) is 3. The molecule has 1 amide bonds. The molecule has 1 aromatic carbocycles. The summed E-state index contributed by atoms with van der Waals surface area (Å²) in [6, 6.07) is 5.68. The van der Waals surface area contributed by atoms with Crippen LogP contribution in [0.25, 0.3) is 0 Å². The first kappa shape index (κ1) is 15.0. The van der Waals surface area contributed by atoms with Crippen LogP contribution in [-0.4, -0.2) is 21.4 Å². The highest BCUT2D eigenvalue weighted by Gasteiger charge is 2.26. The van der Waals surface area contributed by atoms with E-state index in [1.165, 1.54) is 0 Å². The molecule has 110 valence electrons. The third-order valence-electron chi connectivity index (χ3n) is 3.89. The van der Waals surface area contributed by atoms with Gasteiger partial charge in [0, 0.05) is 6.04 Å². The van der Waals surface area contributed by atoms with Crippen molar-refractivity contribution < 1.29 is 9.00 Å². The monoisotopic (exact) mass is 294 g/mol. The zero-order valence-electron chi connectivity index (χ0n) is 12.0. The van der Waals surface area contributed by atoms with E-state index in [0.29, 0.717) is 10.6 Å². The highest BCUT2D eigenvalue weighted by Crippen LogP contribution is 2.23. The number of amides is 1. The van der Waals surface area contributed by atoms with E-state index in [4.69, 9.17) is 5.73 Å². The third kappa shape index (κ3) is 3.20. The summed E-state index contributed by atoms with van der Waals surface area (Å²) in [6.45, 7) is 3.57. The summed E-state index contributed by atoms with van der Waals surface area (Å²) in [5.41, 5.74) is 7.37. The smallest absolute Gasteiger partial charge is 0.236 e. The van der Waals surface area contributed by atoms with E-state index in [1.54, 1.807) is 13.0 Å². The third-order valence-corrected chi connectivity index (χ3v) is 5.54. The summed E-state index contributed by atoms with van der Waals surface area (Å²) in [7, 11) is -1.42. The van der Waals surface area contributed by atoms with Crippen LogP contribution in [0.3, 0.4) is 0 Å². The van der Waals surface area contributed by atoms with E-state index in [-0.39, 0.29) is 11.9 Å². The highest BCUT2D eigenvalue weighted by molar-refractivity contribution is 7.86. The molecule has 0 spiro atoms. The number of rotatable bonds is 4. The number of anilines is 1. The van der Waals surface area contributed by atoms with Crippen molar-refractivity contribution in [3.05, 3.63) is 23.8 Å². The molecule has 4 nitrogen and oxygen atoms in total. The van der Waals surface area contributed by atoms with Gasteiger partial charge in [-0.2, -0.15) is 0 Å². The number of nitrogens with one attached hydrogen (secondary N) is 1. The molecule has 2 unspecified atom stereocenters. The zero-order chi connectivity index (χ0) is 14.7. The fourth-order valence-corrected chi connectivity index (χ4v) is 3.74. The largest absolute Gasteiger partial charge is 0.398 e. The first-order chi connectivity index (χ1) is 9.50. The van der Waals surface area contributed by atoms with Crippen molar-refractivity contribution in [2.24, 2.45) is 0 Å². The minimum atomic E-state index is -1.42. The Morgan fingerprint density at radius 2 is 2.05 bits per heavy atom. The number of nitrogen functional groups attached to an aromatic ring is 1. The Hall–Kier alpha value is -1.36. The number of aryl methyl sites for hydroxylation is 1. The predicted molar refractivity (Wildman–Crippen MR) is 81.9 cm³/mol. The minimum absolute atomic E-state index is 0.142. The van der Waals surface area contributed by atoms with Crippen LogP contribution < -0.4 is 11.1 Å². The summed E-state index contributed by atoms with van der Waals surface area (Å²) < 4.78 is 12.5. The van der Waals surface area contributed by atoms with Gasteiger partial charge in [0.25, 0.3) is 0 Å². The van der Waals surface area contributed by atoms with E-state index < -0.39 is 16.0 Å². The maximum absolute atomic E-state index is 12.5. The molecule has 0 saturated heterocycles. The molecule has 20 heavy (non-hydrogen) atoms. The van der Waals surface area contributed by atoms with Crippen molar-refractivity contribution in [3.63, 3.8) is 0 Å². The molecule has 3 N–H and O–H groups in total. The maximum Gasteiger partial charge on any atom is 0.236 e. The Labute approximate surface area is 122 Å². The lowest BCUT2D eigenvalue weighted by Gasteiger charge is -2.17. The molecular weight excluding hydrogens is 272 g/mol. The van der Waals surface area contributed by atoms with Crippen molar-refractivity contribution in [2.75, 3.05) is 5.73 Å². The summed E-state index contributed by atoms with van der Waals surface area (Å²) in [5, 5.41) is 2.41. The number of carbonyl (C=O) groups excluding carboxylic acids is 1. The second-order valence-electron chi connectivity index (χ2n) is 5.42. The van der Waals surface area contributed by atoms with E-state index in [2.05, 4.69) is 5.32 Å². The minimum Gasteiger partial charge on any atom is -0.398 e. The lowest BCUT2D eigenvalue weighted by Crippen LogP contribution is -2.40. The van der Waals surface area contributed by atoms with Gasteiger partial charge in [0.15, 0.2) is 0 Å². The second-order valence-corrected chi connectivity index (χ2v) is 7.16. The van der Waals surface area contributed by atoms with Gasteiger partial charge in [0.05, 0.1) is 21.4 Å². The molecule has 1 aliphatic rings. The van der Waals surface area contributed by atoms with Gasteiger partial charge in [-0.15, -0.1) is 0 Å². The molecule has 0 bridgehead atoms. The Balaban J connectivity index is 2.07. The van der Waals surface area contributed by atoms with E-state index in [1.807, 2.05) is 19.1 Å². The van der Waals surface area contributed by atoms with Crippen LogP contribution in [0, 0.1) is 6.92 Å². The number of nitrogens with two attached hydrogens (primary N) is 1.